The fraction of sp³-hybridized carbons (Fsp3) is 0. The lowest BCUT2D eigenvalue weighted by atomic mass is 9.85. The minimum absolute atomic E-state index is 0.0376. The Morgan fingerprint density at radius 2 is 0.881 bits per heavy atom. The number of fused-ring (bicyclic) bond motifs is 3. The van der Waals surface area contributed by atoms with E-state index >= 15 is 0 Å². The highest BCUT2D eigenvalue weighted by molar-refractivity contribution is 6.21. The van der Waals surface area contributed by atoms with Crippen LogP contribution in [0.2, 0.25) is 0 Å². The maximum absolute atomic E-state index is 9.18. The molecule has 0 aromatic heterocycles. The molecule has 0 aliphatic heterocycles. The minimum atomic E-state index is -0.604. The van der Waals surface area contributed by atoms with Gasteiger partial charge in [-0.05, 0) is 89.0 Å². The van der Waals surface area contributed by atoms with E-state index in [4.69, 9.17) is 20.6 Å². The first-order chi connectivity index (χ1) is 27.5. The summed E-state index contributed by atoms with van der Waals surface area (Å²) in [4.78, 5) is 0. The molecule has 0 heteroatoms. The summed E-state index contributed by atoms with van der Waals surface area (Å²) in [6.07, 6.45) is 0. The molecule has 0 bridgehead atoms. The minimum Gasteiger partial charge on any atom is -0.0622 e. The smallest absolute Gasteiger partial charge is 0.0622 e. The average Bonchev–Trinajstić information content (AvgIpc) is 3.21. The quantitative estimate of drug-likeness (QED) is 0.192. The van der Waals surface area contributed by atoms with Crippen molar-refractivity contribution in [2.24, 2.45) is 0 Å². The molecule has 0 saturated heterocycles. The Bertz CT molecular complexity index is 3080. The summed E-state index contributed by atoms with van der Waals surface area (Å²) in [5.74, 6) is 0. The molecular weight excluding hydrogens is 504 g/mol. The van der Waals surface area contributed by atoms with E-state index in [0.717, 1.165) is 0 Å². The molecule has 8 rings (SSSR count). The standard InChI is InChI=1S/C42H28/c1-2-12-32(13-3-1)41-37-17-6-8-19-39(37)42(40-20-9-7-18-38(40)41)36-16-10-15-34(28-36)30-21-23-31(24-22-30)35-26-25-29-11-4-5-14-33(29)27-35/h1-28H/i1D,2D,3D,4D,5D,6D,8D,11D,12D,13D,14D,17D,19D,21D,22D,25D. The van der Waals surface area contributed by atoms with Gasteiger partial charge in [-0.2, -0.15) is 0 Å². The van der Waals surface area contributed by atoms with Crippen LogP contribution in [0.4, 0.5) is 0 Å². The van der Waals surface area contributed by atoms with Crippen LogP contribution in [0.1, 0.15) is 21.9 Å². The number of benzene rings is 8. The van der Waals surface area contributed by atoms with E-state index in [1.54, 1.807) is 48.5 Å². The van der Waals surface area contributed by atoms with E-state index in [-0.39, 0.29) is 68.4 Å². The van der Waals surface area contributed by atoms with Gasteiger partial charge in [0.25, 0.3) is 0 Å². The number of hydrogen-bond acceptors (Lipinski definition) is 0. The van der Waals surface area contributed by atoms with Crippen LogP contribution in [0, 0.1) is 0 Å². The monoisotopic (exact) mass is 548 g/mol. The zero-order valence-electron chi connectivity index (χ0n) is 37.9. The van der Waals surface area contributed by atoms with Crippen molar-refractivity contribution in [1.82, 2.24) is 0 Å². The summed E-state index contributed by atoms with van der Waals surface area (Å²) in [6, 6.07) is 13.0. The molecule has 0 nitrogen and oxygen atoms in total. The van der Waals surface area contributed by atoms with Crippen molar-refractivity contribution in [3.05, 3.63) is 169 Å². The summed E-state index contributed by atoms with van der Waals surface area (Å²) in [5.41, 5.74) is 2.11. The van der Waals surface area contributed by atoms with Crippen molar-refractivity contribution in [2.45, 2.75) is 0 Å². The molecule has 0 radical (unpaired) electrons. The van der Waals surface area contributed by atoms with Crippen molar-refractivity contribution in [3.8, 4) is 44.5 Å². The maximum Gasteiger partial charge on any atom is 0.0629 e. The fourth-order valence-electron chi connectivity index (χ4n) is 5.42. The molecule has 0 spiro atoms. The second-order valence-electron chi connectivity index (χ2n) is 9.71. The largest absolute Gasteiger partial charge is 0.0629 e. The second-order valence-corrected chi connectivity index (χ2v) is 9.71. The van der Waals surface area contributed by atoms with Gasteiger partial charge in [-0.1, -0.05) is 157 Å². The first-order valence-electron chi connectivity index (χ1n) is 21.2. The highest BCUT2D eigenvalue weighted by atomic mass is 14.2. The third-order valence-corrected chi connectivity index (χ3v) is 7.31. The van der Waals surface area contributed by atoms with Crippen LogP contribution in [0.25, 0.3) is 76.8 Å². The molecule has 0 heterocycles. The van der Waals surface area contributed by atoms with Gasteiger partial charge in [-0.15, -0.1) is 0 Å². The zero-order valence-corrected chi connectivity index (χ0v) is 21.9. The molecular formula is C42H28. The molecule has 0 aliphatic carbocycles. The number of hydrogen-bond donors (Lipinski definition) is 0. The van der Waals surface area contributed by atoms with Crippen LogP contribution in [-0.4, -0.2) is 0 Å². The normalized spacial score (nSPS) is 16.7. The van der Waals surface area contributed by atoms with E-state index in [2.05, 4.69) is 0 Å². The summed E-state index contributed by atoms with van der Waals surface area (Å²) in [5, 5.41) is 1.05. The summed E-state index contributed by atoms with van der Waals surface area (Å²) < 4.78 is 138. The predicted octanol–water partition coefficient (Wildman–Crippen LogP) is 11.8. The summed E-state index contributed by atoms with van der Waals surface area (Å²) in [7, 11) is 0. The van der Waals surface area contributed by atoms with Gasteiger partial charge in [0, 0.05) is 0 Å². The molecule has 196 valence electrons. The van der Waals surface area contributed by atoms with Crippen molar-refractivity contribution in [3.63, 3.8) is 0 Å². The topological polar surface area (TPSA) is 0 Å². The Morgan fingerprint density at radius 3 is 1.62 bits per heavy atom. The maximum atomic E-state index is 9.18. The Labute approximate surface area is 268 Å². The lowest BCUT2D eigenvalue weighted by Gasteiger charge is -2.18. The van der Waals surface area contributed by atoms with Gasteiger partial charge in [0.2, 0.25) is 0 Å². The van der Waals surface area contributed by atoms with Gasteiger partial charge < -0.3 is 0 Å². The van der Waals surface area contributed by atoms with Crippen LogP contribution in [-0.2, 0) is 0 Å². The molecule has 8 aromatic carbocycles. The zero-order chi connectivity index (χ0) is 41.8. The summed E-state index contributed by atoms with van der Waals surface area (Å²) >= 11 is 0. The van der Waals surface area contributed by atoms with E-state index in [9.17, 15) is 1.37 Å². The highest BCUT2D eigenvalue weighted by Gasteiger charge is 2.16. The van der Waals surface area contributed by atoms with E-state index in [1.807, 2.05) is 0 Å². The highest BCUT2D eigenvalue weighted by Crippen LogP contribution is 2.44. The van der Waals surface area contributed by atoms with Gasteiger partial charge >= 0.3 is 0 Å². The second kappa shape index (κ2) is 10.2. The summed E-state index contributed by atoms with van der Waals surface area (Å²) in [6.45, 7) is 0. The Balaban J connectivity index is 1.38. The molecule has 0 atom stereocenters. The first-order valence-corrected chi connectivity index (χ1v) is 13.2. The first kappa shape index (κ1) is 13.0. The average molecular weight is 549 g/mol. The van der Waals surface area contributed by atoms with Gasteiger partial charge in [-0.3, -0.25) is 0 Å². The molecule has 0 aliphatic rings. The van der Waals surface area contributed by atoms with Gasteiger partial charge in [-0.25, -0.2) is 0 Å². The molecule has 42 heavy (non-hydrogen) atoms. The van der Waals surface area contributed by atoms with E-state index < -0.39 is 66.5 Å². The molecule has 8 aromatic rings. The number of rotatable bonds is 4. The van der Waals surface area contributed by atoms with E-state index in [1.165, 1.54) is 24.3 Å². The molecule has 0 saturated carbocycles. The van der Waals surface area contributed by atoms with Gasteiger partial charge in [0.1, 0.15) is 0 Å². The van der Waals surface area contributed by atoms with Crippen LogP contribution in [0.5, 0.6) is 0 Å². The van der Waals surface area contributed by atoms with Gasteiger partial charge in [0.05, 0.1) is 21.9 Å². The molecule has 0 N–H and O–H groups in total. The van der Waals surface area contributed by atoms with Crippen LogP contribution >= 0.6 is 0 Å². The van der Waals surface area contributed by atoms with E-state index in [0.29, 0.717) is 38.6 Å². The third kappa shape index (κ3) is 4.17. The lowest BCUT2D eigenvalue weighted by Crippen LogP contribution is -1.91. The predicted molar refractivity (Wildman–Crippen MR) is 181 cm³/mol. The molecule has 0 amide bonds. The lowest BCUT2D eigenvalue weighted by molar-refractivity contribution is 1.59. The molecule has 0 unspecified atom stereocenters. The van der Waals surface area contributed by atoms with Crippen molar-refractivity contribution in [1.29, 1.82) is 0 Å². The Morgan fingerprint density at radius 1 is 0.310 bits per heavy atom. The van der Waals surface area contributed by atoms with Crippen molar-refractivity contribution in [2.75, 3.05) is 0 Å². The fourth-order valence-corrected chi connectivity index (χ4v) is 5.42. The van der Waals surface area contributed by atoms with Gasteiger partial charge in [0.15, 0.2) is 0 Å². The Kier molecular flexibility index (Phi) is 3.16. The van der Waals surface area contributed by atoms with Crippen LogP contribution < -0.4 is 0 Å². The Hall–Kier alpha value is -5.46. The van der Waals surface area contributed by atoms with Crippen LogP contribution in [0.3, 0.4) is 0 Å². The third-order valence-electron chi connectivity index (χ3n) is 7.31. The molecule has 0 fully saturated rings. The SMILES string of the molecule is [2H]c1cc(-c2cc([2H])c3c([2H])c([2H])c([2H])c([2H])c3c2)cc([2H])c1-c1cccc(-c2c3ccccc3c(-c3c([2H])c([2H])c([2H])c([2H])c3[2H])c3c([2H])c([2H])c([2H])c([2H])c23)c1. The van der Waals surface area contributed by atoms with Crippen LogP contribution in [0.15, 0.2) is 169 Å². The van der Waals surface area contributed by atoms with Crippen molar-refractivity contribution >= 4 is 32.3 Å². The van der Waals surface area contributed by atoms with Crippen molar-refractivity contribution < 1.29 is 21.9 Å².